The Bertz CT molecular complexity index is 467. The van der Waals surface area contributed by atoms with E-state index in [1.54, 1.807) is 18.3 Å². The Balaban J connectivity index is 2.29. The Hall–Kier alpha value is -2.13. The Morgan fingerprint density at radius 1 is 1.71 bits per heavy atom. The molecule has 0 spiro atoms. The highest BCUT2D eigenvalue weighted by Crippen LogP contribution is 2.18. The van der Waals surface area contributed by atoms with Gasteiger partial charge in [-0.25, -0.2) is 4.98 Å². The number of anilines is 1. The number of amides is 1. The summed E-state index contributed by atoms with van der Waals surface area (Å²) >= 11 is 0. The normalized spacial score (nSPS) is 19.7. The predicted molar refractivity (Wildman–Crippen MR) is 62.2 cm³/mol. The quantitative estimate of drug-likeness (QED) is 0.696. The number of rotatable bonds is 2. The topological polar surface area (TPSA) is 95.0 Å². The average Bonchev–Trinajstić information content (AvgIpc) is 2.39. The third-order valence-electron chi connectivity index (χ3n) is 2.76. The molecule has 2 heterocycles. The molecule has 1 amide bonds. The molecular formula is C11H13N5O. The molecule has 1 fully saturated rings. The second-order valence-electron chi connectivity index (χ2n) is 3.83. The predicted octanol–water partition coefficient (Wildman–Crippen LogP) is -0.783. The number of carbonyl (C=O) groups is 1. The van der Waals surface area contributed by atoms with E-state index in [-0.39, 0.29) is 11.9 Å². The van der Waals surface area contributed by atoms with Crippen LogP contribution in [0.5, 0.6) is 0 Å². The van der Waals surface area contributed by atoms with Gasteiger partial charge in [-0.1, -0.05) is 0 Å². The number of nitrogens with zero attached hydrogens (tertiary/aromatic N) is 3. The van der Waals surface area contributed by atoms with Crippen LogP contribution in [0, 0.1) is 11.3 Å². The van der Waals surface area contributed by atoms with Crippen molar-refractivity contribution in [3.8, 4) is 6.07 Å². The Morgan fingerprint density at radius 2 is 2.53 bits per heavy atom. The van der Waals surface area contributed by atoms with Crippen LogP contribution in [0.1, 0.15) is 5.69 Å². The summed E-state index contributed by atoms with van der Waals surface area (Å²) < 4.78 is 0. The monoisotopic (exact) mass is 231 g/mol. The van der Waals surface area contributed by atoms with Gasteiger partial charge < -0.3 is 16.0 Å². The maximum atomic E-state index is 11.4. The first-order valence-corrected chi connectivity index (χ1v) is 5.35. The molecule has 1 aromatic rings. The molecule has 0 aromatic carbocycles. The van der Waals surface area contributed by atoms with Gasteiger partial charge in [0.05, 0.1) is 0 Å². The van der Waals surface area contributed by atoms with Crippen LogP contribution in [0.3, 0.4) is 0 Å². The summed E-state index contributed by atoms with van der Waals surface area (Å²) in [4.78, 5) is 17.2. The molecule has 1 aliphatic heterocycles. The van der Waals surface area contributed by atoms with Crippen LogP contribution < -0.4 is 16.0 Å². The van der Waals surface area contributed by atoms with Gasteiger partial charge >= 0.3 is 0 Å². The zero-order chi connectivity index (χ0) is 12.3. The van der Waals surface area contributed by atoms with Crippen LogP contribution in [0.2, 0.25) is 0 Å². The summed E-state index contributed by atoms with van der Waals surface area (Å²) in [5.74, 6) is -0.368. The number of nitriles is 1. The summed E-state index contributed by atoms with van der Waals surface area (Å²) in [6.07, 6.45) is 1.56. The van der Waals surface area contributed by atoms with Crippen molar-refractivity contribution in [1.29, 1.82) is 5.26 Å². The summed E-state index contributed by atoms with van der Waals surface area (Å²) in [6.45, 7) is 2.00. The molecule has 88 valence electrons. The lowest BCUT2D eigenvalue weighted by atomic mass is 10.1. The van der Waals surface area contributed by atoms with E-state index in [1.807, 2.05) is 11.0 Å². The number of carbonyl (C=O) groups excluding carboxylic acids is 1. The maximum absolute atomic E-state index is 11.4. The first kappa shape index (κ1) is 11.4. The Kier molecular flexibility index (Phi) is 3.21. The summed E-state index contributed by atoms with van der Waals surface area (Å²) in [5, 5.41) is 11.9. The first-order valence-electron chi connectivity index (χ1n) is 5.35. The lowest BCUT2D eigenvalue weighted by molar-refractivity contribution is -0.119. The van der Waals surface area contributed by atoms with Crippen molar-refractivity contribution in [3.05, 3.63) is 24.0 Å². The highest BCUT2D eigenvalue weighted by molar-refractivity contribution is 5.84. The Morgan fingerprint density at radius 3 is 3.24 bits per heavy atom. The summed E-state index contributed by atoms with van der Waals surface area (Å²) in [5.41, 5.74) is 6.51. The van der Waals surface area contributed by atoms with Gasteiger partial charge in [0.25, 0.3) is 0 Å². The zero-order valence-electron chi connectivity index (χ0n) is 9.26. The van der Waals surface area contributed by atoms with Crippen LogP contribution in [0.4, 0.5) is 5.69 Å². The number of hydrogen-bond acceptors (Lipinski definition) is 5. The van der Waals surface area contributed by atoms with Gasteiger partial charge in [-0.05, 0) is 12.1 Å². The van der Waals surface area contributed by atoms with E-state index in [1.165, 1.54) is 0 Å². The molecule has 1 aromatic heterocycles. The highest BCUT2D eigenvalue weighted by atomic mass is 16.1. The lowest BCUT2D eigenvalue weighted by Gasteiger charge is -2.35. The fourth-order valence-corrected chi connectivity index (χ4v) is 1.93. The van der Waals surface area contributed by atoms with E-state index in [0.29, 0.717) is 18.8 Å². The number of nitrogens with two attached hydrogens (primary N) is 1. The third kappa shape index (κ3) is 2.34. The second-order valence-corrected chi connectivity index (χ2v) is 3.83. The van der Waals surface area contributed by atoms with Crippen LogP contribution in [0.25, 0.3) is 0 Å². The minimum absolute atomic E-state index is 0.337. The van der Waals surface area contributed by atoms with E-state index in [0.717, 1.165) is 12.2 Å². The zero-order valence-corrected chi connectivity index (χ0v) is 9.26. The van der Waals surface area contributed by atoms with E-state index in [2.05, 4.69) is 10.3 Å². The van der Waals surface area contributed by atoms with Crippen molar-refractivity contribution in [1.82, 2.24) is 10.3 Å². The van der Waals surface area contributed by atoms with Crippen LogP contribution in [0.15, 0.2) is 18.3 Å². The van der Waals surface area contributed by atoms with E-state index in [9.17, 15) is 4.79 Å². The summed E-state index contributed by atoms with van der Waals surface area (Å²) in [7, 11) is 0. The van der Waals surface area contributed by atoms with Crippen molar-refractivity contribution in [2.75, 3.05) is 24.5 Å². The number of pyridine rings is 1. The standard InChI is InChI=1S/C11H13N5O/c12-6-8-5-9(1-2-15-8)16-4-3-14-7-10(16)11(13)17/h1-2,5,10,14H,3-4,7H2,(H2,13,17). The summed E-state index contributed by atoms with van der Waals surface area (Å²) in [6, 6.07) is 5.05. The van der Waals surface area contributed by atoms with Crippen molar-refractivity contribution in [2.45, 2.75) is 6.04 Å². The maximum Gasteiger partial charge on any atom is 0.241 e. The van der Waals surface area contributed by atoms with E-state index >= 15 is 0 Å². The number of nitrogens with one attached hydrogen (secondary N) is 1. The molecule has 6 heteroatoms. The minimum Gasteiger partial charge on any atom is -0.368 e. The van der Waals surface area contributed by atoms with Gasteiger partial charge in [-0.3, -0.25) is 4.79 Å². The molecule has 1 atom stereocenters. The van der Waals surface area contributed by atoms with Gasteiger partial charge in [0.15, 0.2) is 0 Å². The number of primary amides is 1. The van der Waals surface area contributed by atoms with Gasteiger partial charge in [0.2, 0.25) is 5.91 Å². The van der Waals surface area contributed by atoms with Crippen LogP contribution >= 0.6 is 0 Å². The largest absolute Gasteiger partial charge is 0.368 e. The van der Waals surface area contributed by atoms with Crippen LogP contribution in [-0.4, -0.2) is 36.6 Å². The molecule has 2 rings (SSSR count). The molecule has 1 saturated heterocycles. The van der Waals surface area contributed by atoms with Gasteiger partial charge in [-0.15, -0.1) is 0 Å². The highest BCUT2D eigenvalue weighted by Gasteiger charge is 2.27. The second kappa shape index (κ2) is 4.80. The number of aromatic nitrogens is 1. The van der Waals surface area contributed by atoms with E-state index in [4.69, 9.17) is 11.0 Å². The molecule has 0 radical (unpaired) electrons. The third-order valence-corrected chi connectivity index (χ3v) is 2.76. The molecule has 6 nitrogen and oxygen atoms in total. The SMILES string of the molecule is N#Cc1cc(N2CCNCC2C(N)=O)ccn1. The fourth-order valence-electron chi connectivity index (χ4n) is 1.93. The molecule has 17 heavy (non-hydrogen) atoms. The molecular weight excluding hydrogens is 218 g/mol. The van der Waals surface area contributed by atoms with Gasteiger partial charge in [0.1, 0.15) is 17.8 Å². The molecule has 0 bridgehead atoms. The number of piperazine rings is 1. The van der Waals surface area contributed by atoms with Crippen LogP contribution in [-0.2, 0) is 4.79 Å². The molecule has 0 aliphatic carbocycles. The molecule has 1 aliphatic rings. The average molecular weight is 231 g/mol. The molecule has 1 unspecified atom stereocenters. The first-order chi connectivity index (χ1) is 8.22. The number of hydrogen-bond donors (Lipinski definition) is 2. The van der Waals surface area contributed by atoms with Crippen molar-refractivity contribution in [2.24, 2.45) is 5.73 Å². The van der Waals surface area contributed by atoms with Gasteiger partial charge in [0, 0.05) is 31.5 Å². The molecule has 0 saturated carbocycles. The van der Waals surface area contributed by atoms with E-state index < -0.39 is 0 Å². The van der Waals surface area contributed by atoms with Crippen molar-refractivity contribution in [3.63, 3.8) is 0 Å². The van der Waals surface area contributed by atoms with Gasteiger partial charge in [-0.2, -0.15) is 5.26 Å². The molecule has 3 N–H and O–H groups in total. The minimum atomic E-state index is -0.377. The lowest BCUT2D eigenvalue weighted by Crippen LogP contribution is -2.57. The fraction of sp³-hybridized carbons (Fsp3) is 0.364. The van der Waals surface area contributed by atoms with Crippen molar-refractivity contribution < 1.29 is 4.79 Å². The Labute approximate surface area is 99.0 Å². The smallest absolute Gasteiger partial charge is 0.241 e. The van der Waals surface area contributed by atoms with Crippen molar-refractivity contribution >= 4 is 11.6 Å².